The third-order valence-electron chi connectivity index (χ3n) is 6.52. The van der Waals surface area contributed by atoms with Gasteiger partial charge in [0.05, 0.1) is 18.2 Å². The summed E-state index contributed by atoms with van der Waals surface area (Å²) in [5.41, 5.74) is 1.08. The van der Waals surface area contributed by atoms with Crippen molar-refractivity contribution in [2.45, 2.75) is 65.0 Å². The molecule has 1 fully saturated rings. The molecule has 0 heterocycles. The topological polar surface area (TPSA) is 41.5 Å². The Labute approximate surface area is 164 Å². The van der Waals surface area contributed by atoms with E-state index in [9.17, 15) is 5.11 Å². The number of likely N-dealkylation sites (N-methyl/N-ethyl adjacent to an activating group) is 1. The fourth-order valence-corrected chi connectivity index (χ4v) is 4.19. The highest BCUT2D eigenvalue weighted by molar-refractivity contribution is 5.84. The van der Waals surface area contributed by atoms with Crippen molar-refractivity contribution >= 4 is 10.8 Å². The van der Waals surface area contributed by atoms with Crippen LogP contribution < -0.4 is 10.1 Å². The number of aliphatic hydroxyl groups is 1. The van der Waals surface area contributed by atoms with E-state index in [0.29, 0.717) is 11.5 Å². The van der Waals surface area contributed by atoms with E-state index in [4.69, 9.17) is 4.74 Å². The lowest BCUT2D eigenvalue weighted by molar-refractivity contribution is 0.0883. The Bertz CT molecular complexity index is 766. The third-order valence-corrected chi connectivity index (χ3v) is 6.52. The van der Waals surface area contributed by atoms with Crippen molar-refractivity contribution in [3.63, 3.8) is 0 Å². The molecule has 0 spiro atoms. The smallest absolute Gasteiger partial charge is 0.120 e. The van der Waals surface area contributed by atoms with Gasteiger partial charge < -0.3 is 15.2 Å². The predicted octanol–water partition coefficient (Wildman–Crippen LogP) is 5.25. The molecule has 2 N–H and O–H groups in total. The highest BCUT2D eigenvalue weighted by atomic mass is 16.5. The van der Waals surface area contributed by atoms with E-state index in [2.05, 4.69) is 62.5 Å². The van der Waals surface area contributed by atoms with Crippen LogP contribution in [0.3, 0.4) is 0 Å². The molecule has 27 heavy (non-hydrogen) atoms. The molecule has 2 aromatic rings. The molecule has 1 atom stereocenters. The molecule has 0 saturated heterocycles. The Balaban J connectivity index is 1.71. The standard InChI is InChI=1S/C24H35NO2/c1-23(2,3)19-9-12-21(13-10-19)27-22-11-7-17-14-20(8-6-18(17)15-22)24(4,16-26)25-5/h6-8,11,14-15,19,21,25-26H,9-10,12-13,16H2,1-5H3. The zero-order chi connectivity index (χ0) is 19.7. The Hall–Kier alpha value is -1.58. The second-order valence-electron chi connectivity index (χ2n) is 9.42. The normalized spacial score (nSPS) is 23.2. The first-order valence-corrected chi connectivity index (χ1v) is 10.3. The number of ether oxygens (including phenoxy) is 1. The summed E-state index contributed by atoms with van der Waals surface area (Å²) in [5, 5.41) is 15.3. The minimum atomic E-state index is -0.422. The van der Waals surface area contributed by atoms with E-state index in [1.165, 1.54) is 23.6 Å². The van der Waals surface area contributed by atoms with E-state index in [-0.39, 0.29) is 6.61 Å². The average molecular weight is 370 g/mol. The molecule has 1 aliphatic carbocycles. The van der Waals surface area contributed by atoms with E-state index < -0.39 is 5.54 Å². The van der Waals surface area contributed by atoms with Gasteiger partial charge in [-0.25, -0.2) is 0 Å². The van der Waals surface area contributed by atoms with Gasteiger partial charge in [-0.05, 0) is 85.5 Å². The van der Waals surface area contributed by atoms with Crippen LogP contribution >= 0.6 is 0 Å². The van der Waals surface area contributed by atoms with Crippen LogP contribution in [-0.4, -0.2) is 24.9 Å². The molecule has 0 amide bonds. The van der Waals surface area contributed by atoms with Crippen molar-refractivity contribution < 1.29 is 9.84 Å². The number of benzene rings is 2. The van der Waals surface area contributed by atoms with Gasteiger partial charge in [0, 0.05) is 0 Å². The summed E-state index contributed by atoms with van der Waals surface area (Å²) >= 11 is 0. The Morgan fingerprint density at radius 3 is 2.19 bits per heavy atom. The lowest BCUT2D eigenvalue weighted by Crippen LogP contribution is -2.40. The summed E-state index contributed by atoms with van der Waals surface area (Å²) in [5.74, 6) is 1.77. The Morgan fingerprint density at radius 2 is 1.59 bits per heavy atom. The highest BCUT2D eigenvalue weighted by Gasteiger charge is 2.30. The van der Waals surface area contributed by atoms with Gasteiger partial charge in [-0.1, -0.05) is 39.0 Å². The Morgan fingerprint density at radius 1 is 0.963 bits per heavy atom. The lowest BCUT2D eigenvalue weighted by Gasteiger charge is -2.37. The van der Waals surface area contributed by atoms with E-state index >= 15 is 0 Å². The number of rotatable bonds is 5. The zero-order valence-corrected chi connectivity index (χ0v) is 17.5. The quantitative estimate of drug-likeness (QED) is 0.756. The summed E-state index contributed by atoms with van der Waals surface area (Å²) in [6, 6.07) is 12.7. The molecule has 1 unspecified atom stereocenters. The van der Waals surface area contributed by atoms with Crippen LogP contribution in [0.25, 0.3) is 10.8 Å². The summed E-state index contributed by atoms with van der Waals surface area (Å²) in [6.45, 7) is 9.14. The fourth-order valence-electron chi connectivity index (χ4n) is 4.19. The molecule has 0 aliphatic heterocycles. The SMILES string of the molecule is CNC(C)(CO)c1ccc2cc(OC3CCC(C(C)(C)C)CC3)ccc2c1. The van der Waals surface area contributed by atoms with Crippen LogP contribution in [0.15, 0.2) is 36.4 Å². The van der Waals surface area contributed by atoms with Crippen LogP contribution in [-0.2, 0) is 5.54 Å². The summed E-state index contributed by atoms with van der Waals surface area (Å²) < 4.78 is 6.31. The Kier molecular flexibility index (Phi) is 5.83. The monoisotopic (exact) mass is 369 g/mol. The second kappa shape index (κ2) is 7.81. The van der Waals surface area contributed by atoms with Crippen LogP contribution in [0.5, 0.6) is 5.75 Å². The minimum Gasteiger partial charge on any atom is -0.490 e. The maximum atomic E-state index is 9.72. The molecule has 1 saturated carbocycles. The maximum Gasteiger partial charge on any atom is 0.120 e. The molecule has 3 rings (SSSR count). The summed E-state index contributed by atoms with van der Waals surface area (Å²) in [7, 11) is 1.88. The molecular weight excluding hydrogens is 334 g/mol. The molecule has 1 aliphatic rings. The average Bonchev–Trinajstić information content (AvgIpc) is 2.66. The van der Waals surface area contributed by atoms with Crippen LogP contribution in [0.4, 0.5) is 0 Å². The molecule has 0 radical (unpaired) electrons. The highest BCUT2D eigenvalue weighted by Crippen LogP contribution is 2.39. The second-order valence-corrected chi connectivity index (χ2v) is 9.42. The van der Waals surface area contributed by atoms with E-state index in [1.54, 1.807) is 0 Å². The molecule has 3 heteroatoms. The van der Waals surface area contributed by atoms with E-state index in [1.807, 2.05) is 14.0 Å². The molecule has 2 aromatic carbocycles. The van der Waals surface area contributed by atoms with Gasteiger partial charge in [0.1, 0.15) is 5.75 Å². The van der Waals surface area contributed by atoms with Gasteiger partial charge in [0.15, 0.2) is 0 Å². The van der Waals surface area contributed by atoms with Crippen molar-refractivity contribution in [2.24, 2.45) is 11.3 Å². The van der Waals surface area contributed by atoms with Gasteiger partial charge in [-0.3, -0.25) is 0 Å². The van der Waals surface area contributed by atoms with Gasteiger partial charge in [-0.2, -0.15) is 0 Å². The number of aliphatic hydroxyl groups excluding tert-OH is 1. The van der Waals surface area contributed by atoms with Crippen molar-refractivity contribution in [2.75, 3.05) is 13.7 Å². The van der Waals surface area contributed by atoms with Crippen molar-refractivity contribution in [3.8, 4) is 5.75 Å². The van der Waals surface area contributed by atoms with Crippen molar-refractivity contribution in [3.05, 3.63) is 42.0 Å². The molecule has 148 valence electrons. The first-order valence-electron chi connectivity index (χ1n) is 10.3. The molecule has 0 aromatic heterocycles. The maximum absolute atomic E-state index is 9.72. The van der Waals surface area contributed by atoms with Crippen LogP contribution in [0.1, 0.15) is 58.9 Å². The predicted molar refractivity (Wildman–Crippen MR) is 113 cm³/mol. The van der Waals surface area contributed by atoms with Gasteiger partial charge in [-0.15, -0.1) is 0 Å². The number of hydrogen-bond acceptors (Lipinski definition) is 3. The number of fused-ring (bicyclic) bond motifs is 1. The number of nitrogens with one attached hydrogen (secondary N) is 1. The van der Waals surface area contributed by atoms with Crippen molar-refractivity contribution in [1.29, 1.82) is 0 Å². The van der Waals surface area contributed by atoms with Crippen molar-refractivity contribution in [1.82, 2.24) is 5.32 Å². The van der Waals surface area contributed by atoms with Crippen LogP contribution in [0, 0.1) is 11.3 Å². The lowest BCUT2D eigenvalue weighted by atomic mass is 9.72. The third kappa shape index (κ3) is 4.47. The molecule has 3 nitrogen and oxygen atoms in total. The molecule has 0 bridgehead atoms. The van der Waals surface area contributed by atoms with Gasteiger partial charge in [0.2, 0.25) is 0 Å². The minimum absolute atomic E-state index is 0.0629. The first-order chi connectivity index (χ1) is 12.7. The fraction of sp³-hybridized carbons (Fsp3) is 0.583. The molecular formula is C24H35NO2. The largest absolute Gasteiger partial charge is 0.490 e. The first kappa shape index (κ1) is 20.2. The van der Waals surface area contributed by atoms with Gasteiger partial charge >= 0.3 is 0 Å². The summed E-state index contributed by atoms with van der Waals surface area (Å²) in [4.78, 5) is 0. The summed E-state index contributed by atoms with van der Waals surface area (Å²) in [6.07, 6.45) is 5.15. The zero-order valence-electron chi connectivity index (χ0n) is 17.5. The van der Waals surface area contributed by atoms with E-state index in [0.717, 1.165) is 30.1 Å². The van der Waals surface area contributed by atoms with Crippen LogP contribution in [0.2, 0.25) is 0 Å². The number of hydrogen-bond donors (Lipinski definition) is 2. The van der Waals surface area contributed by atoms with Gasteiger partial charge in [0.25, 0.3) is 0 Å².